The smallest absolute Gasteiger partial charge is 0.249 e. The van der Waals surface area contributed by atoms with Gasteiger partial charge in [-0.3, -0.25) is 0 Å². The van der Waals surface area contributed by atoms with Crippen LogP contribution in [0, 0.1) is 0 Å². The summed E-state index contributed by atoms with van der Waals surface area (Å²) in [5.41, 5.74) is 6.10. The van der Waals surface area contributed by atoms with Crippen molar-refractivity contribution in [2.45, 2.75) is 4.90 Å². The summed E-state index contributed by atoms with van der Waals surface area (Å²) in [7, 11) is 1.50. The van der Waals surface area contributed by atoms with Crippen molar-refractivity contribution in [3.05, 3.63) is 30.6 Å². The molecule has 0 amide bonds. The van der Waals surface area contributed by atoms with Crippen LogP contribution in [0.5, 0.6) is 17.5 Å². The molecule has 0 saturated heterocycles. The van der Waals surface area contributed by atoms with Crippen molar-refractivity contribution in [3.63, 3.8) is 0 Å². The van der Waals surface area contributed by atoms with Crippen molar-refractivity contribution in [1.29, 1.82) is 0 Å². The van der Waals surface area contributed by atoms with E-state index in [1.54, 1.807) is 11.8 Å². The van der Waals surface area contributed by atoms with Crippen LogP contribution >= 0.6 is 11.8 Å². The van der Waals surface area contributed by atoms with Crippen LogP contribution in [0.2, 0.25) is 0 Å². The molecule has 2 rings (SSSR count). The molecule has 0 aliphatic carbocycles. The molecule has 18 heavy (non-hydrogen) atoms. The number of ether oxygens (including phenoxy) is 2. The molecule has 1 heterocycles. The van der Waals surface area contributed by atoms with Crippen LogP contribution < -0.4 is 15.2 Å². The molecule has 0 fully saturated rings. The quantitative estimate of drug-likeness (QED) is 0.855. The average molecular weight is 263 g/mol. The normalized spacial score (nSPS) is 10.1. The minimum absolute atomic E-state index is 0.286. The molecule has 0 bridgehead atoms. The highest BCUT2D eigenvalue weighted by molar-refractivity contribution is 7.98. The molecule has 0 aliphatic heterocycles. The summed E-state index contributed by atoms with van der Waals surface area (Å²) in [5.74, 6) is 1.26. The second-order valence-electron chi connectivity index (χ2n) is 3.38. The third-order valence-corrected chi connectivity index (χ3v) is 3.02. The van der Waals surface area contributed by atoms with Gasteiger partial charge in [0.05, 0.1) is 7.11 Å². The largest absolute Gasteiger partial charge is 0.479 e. The Labute approximate surface area is 109 Å². The lowest BCUT2D eigenvalue weighted by molar-refractivity contribution is 0.391. The summed E-state index contributed by atoms with van der Waals surface area (Å²) in [4.78, 5) is 9.03. The highest BCUT2D eigenvalue weighted by atomic mass is 32.2. The number of thioether (sulfide) groups is 1. The van der Waals surface area contributed by atoms with E-state index in [0.717, 1.165) is 4.90 Å². The van der Waals surface area contributed by atoms with Crippen molar-refractivity contribution in [3.8, 4) is 17.5 Å². The zero-order valence-electron chi connectivity index (χ0n) is 10.1. The maximum Gasteiger partial charge on any atom is 0.249 e. The second-order valence-corrected chi connectivity index (χ2v) is 4.26. The number of nitrogen functional groups attached to an aromatic ring is 1. The Morgan fingerprint density at radius 1 is 1.11 bits per heavy atom. The van der Waals surface area contributed by atoms with Crippen LogP contribution in [0.25, 0.3) is 0 Å². The van der Waals surface area contributed by atoms with Gasteiger partial charge in [-0.15, -0.1) is 11.8 Å². The van der Waals surface area contributed by atoms with Crippen molar-refractivity contribution >= 4 is 17.4 Å². The first-order chi connectivity index (χ1) is 8.74. The van der Waals surface area contributed by atoms with Crippen LogP contribution in [0.4, 0.5) is 5.69 Å². The Balaban J connectivity index is 2.22. The number of hydrogen-bond acceptors (Lipinski definition) is 6. The van der Waals surface area contributed by atoms with Gasteiger partial charge in [0.15, 0.2) is 5.69 Å². The summed E-state index contributed by atoms with van der Waals surface area (Å²) < 4.78 is 10.6. The standard InChI is InChI=1S/C12H13N3O2S/c1-16-11-10(13)12(15-7-14-11)17-8-3-5-9(18-2)6-4-8/h3-7H,13H2,1-2H3. The van der Waals surface area contributed by atoms with Crippen LogP contribution in [0.1, 0.15) is 0 Å². The molecular formula is C12H13N3O2S. The number of methoxy groups -OCH3 is 1. The van der Waals surface area contributed by atoms with Crippen molar-refractivity contribution < 1.29 is 9.47 Å². The first kappa shape index (κ1) is 12.5. The van der Waals surface area contributed by atoms with Crippen molar-refractivity contribution in [2.75, 3.05) is 19.1 Å². The topological polar surface area (TPSA) is 70.3 Å². The summed E-state index contributed by atoms with van der Waals surface area (Å²) in [6, 6.07) is 7.66. The number of anilines is 1. The maximum atomic E-state index is 5.82. The molecule has 2 N–H and O–H groups in total. The van der Waals surface area contributed by atoms with Gasteiger partial charge >= 0.3 is 0 Å². The number of benzene rings is 1. The molecule has 6 heteroatoms. The van der Waals surface area contributed by atoms with E-state index < -0.39 is 0 Å². The molecule has 0 saturated carbocycles. The predicted octanol–water partition coefficient (Wildman–Crippen LogP) is 2.58. The fourth-order valence-electron chi connectivity index (χ4n) is 1.36. The zero-order valence-corrected chi connectivity index (χ0v) is 10.9. The Bertz CT molecular complexity index is 531. The highest BCUT2D eigenvalue weighted by Crippen LogP contribution is 2.30. The van der Waals surface area contributed by atoms with E-state index in [0.29, 0.717) is 17.5 Å². The Kier molecular flexibility index (Phi) is 3.88. The van der Waals surface area contributed by atoms with Crippen molar-refractivity contribution in [1.82, 2.24) is 9.97 Å². The van der Waals surface area contributed by atoms with E-state index in [1.807, 2.05) is 30.5 Å². The van der Waals surface area contributed by atoms with Crippen LogP contribution in [-0.4, -0.2) is 23.3 Å². The molecule has 0 radical (unpaired) electrons. The zero-order chi connectivity index (χ0) is 13.0. The second kappa shape index (κ2) is 5.59. The third-order valence-electron chi connectivity index (χ3n) is 2.28. The summed E-state index contributed by atoms with van der Waals surface area (Å²) in [5, 5.41) is 0. The SMILES string of the molecule is COc1ncnc(Oc2ccc(SC)cc2)c1N. The highest BCUT2D eigenvalue weighted by Gasteiger charge is 2.10. The Morgan fingerprint density at radius 3 is 2.39 bits per heavy atom. The van der Waals surface area contributed by atoms with Crippen molar-refractivity contribution in [2.24, 2.45) is 0 Å². The number of nitrogens with two attached hydrogens (primary N) is 1. The molecule has 1 aromatic carbocycles. The van der Waals surface area contributed by atoms with Gasteiger partial charge in [0, 0.05) is 4.90 Å². The molecular weight excluding hydrogens is 250 g/mol. The lowest BCUT2D eigenvalue weighted by atomic mass is 10.3. The van der Waals surface area contributed by atoms with Crippen LogP contribution in [-0.2, 0) is 0 Å². The van der Waals surface area contributed by atoms with Crippen LogP contribution in [0.3, 0.4) is 0 Å². The first-order valence-electron chi connectivity index (χ1n) is 5.21. The minimum Gasteiger partial charge on any atom is -0.479 e. The number of aromatic nitrogens is 2. The maximum absolute atomic E-state index is 5.82. The summed E-state index contributed by atoms with van der Waals surface area (Å²) >= 11 is 1.67. The number of rotatable bonds is 4. The fraction of sp³-hybridized carbons (Fsp3) is 0.167. The van der Waals surface area contributed by atoms with Gasteiger partial charge in [0.2, 0.25) is 11.8 Å². The van der Waals surface area contributed by atoms with Gasteiger partial charge in [-0.25, -0.2) is 0 Å². The Hall–Kier alpha value is -1.95. The molecule has 0 unspecified atom stereocenters. The number of nitrogens with zero attached hydrogens (tertiary/aromatic N) is 2. The molecule has 0 atom stereocenters. The molecule has 5 nitrogen and oxygen atoms in total. The lowest BCUT2D eigenvalue weighted by Crippen LogP contribution is -2.00. The van der Waals surface area contributed by atoms with E-state index in [-0.39, 0.29) is 5.69 Å². The van der Waals surface area contributed by atoms with Gasteiger partial charge in [0.1, 0.15) is 12.1 Å². The molecule has 1 aromatic heterocycles. The minimum atomic E-state index is 0.286. The summed E-state index contributed by atoms with van der Waals surface area (Å²) in [6.07, 6.45) is 3.37. The van der Waals surface area contributed by atoms with E-state index in [4.69, 9.17) is 15.2 Å². The number of hydrogen-bond donors (Lipinski definition) is 1. The van der Waals surface area contributed by atoms with Gasteiger partial charge in [-0.1, -0.05) is 0 Å². The fourth-order valence-corrected chi connectivity index (χ4v) is 1.77. The molecule has 2 aromatic rings. The van der Waals surface area contributed by atoms with E-state index in [1.165, 1.54) is 13.4 Å². The molecule has 94 valence electrons. The average Bonchev–Trinajstić information content (AvgIpc) is 2.42. The molecule has 0 spiro atoms. The van der Waals surface area contributed by atoms with E-state index in [2.05, 4.69) is 9.97 Å². The van der Waals surface area contributed by atoms with Gasteiger partial charge < -0.3 is 15.2 Å². The lowest BCUT2D eigenvalue weighted by Gasteiger charge is -2.09. The first-order valence-corrected chi connectivity index (χ1v) is 6.43. The van der Waals surface area contributed by atoms with Gasteiger partial charge in [-0.05, 0) is 30.5 Å². The Morgan fingerprint density at radius 2 is 1.78 bits per heavy atom. The van der Waals surface area contributed by atoms with E-state index >= 15 is 0 Å². The van der Waals surface area contributed by atoms with Gasteiger partial charge in [-0.2, -0.15) is 9.97 Å². The summed E-state index contributed by atoms with van der Waals surface area (Å²) in [6.45, 7) is 0. The monoisotopic (exact) mass is 263 g/mol. The van der Waals surface area contributed by atoms with Gasteiger partial charge in [0.25, 0.3) is 0 Å². The molecule has 0 aliphatic rings. The predicted molar refractivity (Wildman–Crippen MR) is 71.3 cm³/mol. The van der Waals surface area contributed by atoms with Crippen LogP contribution in [0.15, 0.2) is 35.5 Å². The third kappa shape index (κ3) is 2.65. The van der Waals surface area contributed by atoms with E-state index in [9.17, 15) is 0 Å².